The first-order valence-corrected chi connectivity index (χ1v) is 7.03. The van der Waals surface area contributed by atoms with Crippen LogP contribution in [0.15, 0.2) is 42.9 Å². The molecule has 1 fully saturated rings. The van der Waals surface area contributed by atoms with E-state index in [2.05, 4.69) is 11.9 Å². The van der Waals surface area contributed by atoms with Crippen molar-refractivity contribution < 1.29 is 9.53 Å². The summed E-state index contributed by atoms with van der Waals surface area (Å²) >= 11 is 0. The Morgan fingerprint density at radius 1 is 1.35 bits per heavy atom. The molecule has 1 aromatic carbocycles. The van der Waals surface area contributed by atoms with Gasteiger partial charge in [0.1, 0.15) is 11.8 Å². The second kappa shape index (κ2) is 5.49. The van der Waals surface area contributed by atoms with Crippen molar-refractivity contribution in [1.82, 2.24) is 9.55 Å². The molecule has 0 amide bonds. The largest absolute Gasteiger partial charge is 0.458 e. The number of imidazole rings is 1. The summed E-state index contributed by atoms with van der Waals surface area (Å²) in [6, 6.07) is 10.1. The summed E-state index contributed by atoms with van der Waals surface area (Å²) in [5, 5.41) is 0. The molecule has 1 aromatic heterocycles. The molecule has 1 atom stereocenters. The summed E-state index contributed by atoms with van der Waals surface area (Å²) in [6.07, 6.45) is 6.48. The molecule has 4 heteroatoms. The van der Waals surface area contributed by atoms with E-state index in [1.165, 1.54) is 0 Å². The highest BCUT2D eigenvalue weighted by molar-refractivity contribution is 5.87. The lowest BCUT2D eigenvalue weighted by atomic mass is 9.96. The smallest absolute Gasteiger partial charge is 0.356 e. The fraction of sp³-hybridized carbons (Fsp3) is 0.375. The van der Waals surface area contributed by atoms with Crippen LogP contribution in [0, 0.1) is 0 Å². The highest BCUT2D eigenvalue weighted by Gasteiger charge is 2.25. The third-order valence-corrected chi connectivity index (χ3v) is 3.90. The van der Waals surface area contributed by atoms with Crippen LogP contribution in [-0.4, -0.2) is 21.6 Å². The van der Waals surface area contributed by atoms with E-state index < -0.39 is 0 Å². The van der Waals surface area contributed by atoms with E-state index in [0.717, 1.165) is 24.8 Å². The molecule has 3 rings (SSSR count). The molecule has 1 unspecified atom stereocenters. The second-order valence-electron chi connectivity index (χ2n) is 5.23. The van der Waals surface area contributed by atoms with Gasteiger partial charge in [0.15, 0.2) is 0 Å². The maximum Gasteiger partial charge on any atom is 0.356 e. The van der Waals surface area contributed by atoms with E-state index in [-0.39, 0.29) is 18.1 Å². The normalized spacial score (nSPS) is 16.4. The first kappa shape index (κ1) is 12.9. The zero-order chi connectivity index (χ0) is 13.9. The van der Waals surface area contributed by atoms with Crippen molar-refractivity contribution in [3.63, 3.8) is 0 Å². The summed E-state index contributed by atoms with van der Waals surface area (Å²) in [7, 11) is 0. The number of aromatic nitrogens is 2. The third kappa shape index (κ3) is 2.46. The van der Waals surface area contributed by atoms with Crippen LogP contribution in [0.3, 0.4) is 0 Å². The molecule has 0 spiro atoms. The van der Waals surface area contributed by atoms with E-state index >= 15 is 0 Å². The van der Waals surface area contributed by atoms with E-state index in [0.29, 0.717) is 5.69 Å². The van der Waals surface area contributed by atoms with Crippen LogP contribution in [0.5, 0.6) is 0 Å². The summed E-state index contributed by atoms with van der Waals surface area (Å²) in [5.41, 5.74) is 1.66. The minimum absolute atomic E-state index is 0.0580. The van der Waals surface area contributed by atoms with Gasteiger partial charge in [-0.05, 0) is 31.7 Å². The Morgan fingerprint density at radius 3 is 2.75 bits per heavy atom. The number of nitrogens with zero attached hydrogens (tertiary/aromatic N) is 2. The molecule has 0 N–H and O–H groups in total. The Morgan fingerprint density at radius 2 is 2.10 bits per heavy atom. The number of hydrogen-bond acceptors (Lipinski definition) is 3. The average molecular weight is 270 g/mol. The van der Waals surface area contributed by atoms with Gasteiger partial charge < -0.3 is 9.30 Å². The molecule has 104 valence electrons. The van der Waals surface area contributed by atoms with Gasteiger partial charge in [0.2, 0.25) is 0 Å². The van der Waals surface area contributed by atoms with Crippen LogP contribution in [0.2, 0.25) is 0 Å². The molecule has 1 aliphatic carbocycles. The zero-order valence-electron chi connectivity index (χ0n) is 11.5. The van der Waals surface area contributed by atoms with Crippen LogP contribution in [0.25, 0.3) is 0 Å². The number of hydrogen-bond donors (Lipinski definition) is 0. The summed E-state index contributed by atoms with van der Waals surface area (Å²) in [4.78, 5) is 16.3. The van der Waals surface area contributed by atoms with Gasteiger partial charge in [0.25, 0.3) is 0 Å². The molecule has 2 aromatic rings. The standard InChI is InChI=1S/C16H18N2O2/c1-12(13-6-3-2-4-7-13)18-11-17-10-15(18)16(19)20-14-8-5-9-14/h2-4,6-7,10-12,14H,5,8-9H2,1H3. The van der Waals surface area contributed by atoms with Gasteiger partial charge in [-0.1, -0.05) is 30.3 Å². The van der Waals surface area contributed by atoms with Crippen LogP contribution in [0.4, 0.5) is 0 Å². The van der Waals surface area contributed by atoms with E-state index in [4.69, 9.17) is 4.74 Å². The highest BCUT2D eigenvalue weighted by Crippen LogP contribution is 2.24. The number of carbonyl (C=O) groups is 1. The molecule has 20 heavy (non-hydrogen) atoms. The lowest BCUT2D eigenvalue weighted by molar-refractivity contribution is 0.00778. The van der Waals surface area contributed by atoms with Crippen molar-refractivity contribution in [2.24, 2.45) is 0 Å². The lowest BCUT2D eigenvalue weighted by Crippen LogP contribution is -2.26. The number of rotatable bonds is 4. The number of esters is 1. The lowest BCUT2D eigenvalue weighted by Gasteiger charge is -2.25. The van der Waals surface area contributed by atoms with Crippen molar-refractivity contribution >= 4 is 5.97 Å². The minimum atomic E-state index is -0.269. The van der Waals surface area contributed by atoms with Gasteiger partial charge in [-0.25, -0.2) is 9.78 Å². The Labute approximate surface area is 118 Å². The minimum Gasteiger partial charge on any atom is -0.458 e. The van der Waals surface area contributed by atoms with E-state index in [1.807, 2.05) is 34.9 Å². The summed E-state index contributed by atoms with van der Waals surface area (Å²) < 4.78 is 7.33. The van der Waals surface area contributed by atoms with Gasteiger partial charge in [-0.2, -0.15) is 0 Å². The van der Waals surface area contributed by atoms with Gasteiger partial charge in [-0.3, -0.25) is 0 Å². The molecular weight excluding hydrogens is 252 g/mol. The fourth-order valence-corrected chi connectivity index (χ4v) is 2.36. The van der Waals surface area contributed by atoms with Gasteiger partial charge in [0, 0.05) is 0 Å². The average Bonchev–Trinajstić information content (AvgIpc) is 2.92. The molecule has 1 aliphatic rings. The number of carbonyl (C=O) groups excluding carboxylic acids is 1. The highest BCUT2D eigenvalue weighted by atomic mass is 16.5. The summed E-state index contributed by atoms with van der Waals surface area (Å²) in [5.74, 6) is -0.269. The molecule has 4 nitrogen and oxygen atoms in total. The Balaban J connectivity index is 1.80. The van der Waals surface area contributed by atoms with E-state index in [1.54, 1.807) is 12.5 Å². The third-order valence-electron chi connectivity index (χ3n) is 3.90. The van der Waals surface area contributed by atoms with E-state index in [9.17, 15) is 4.79 Å². The van der Waals surface area contributed by atoms with Crippen molar-refractivity contribution in [1.29, 1.82) is 0 Å². The first-order valence-electron chi connectivity index (χ1n) is 7.03. The maximum atomic E-state index is 12.2. The van der Waals surface area contributed by atoms with Gasteiger partial charge in [-0.15, -0.1) is 0 Å². The van der Waals surface area contributed by atoms with Crippen molar-refractivity contribution in [2.75, 3.05) is 0 Å². The first-order chi connectivity index (χ1) is 9.75. The maximum absolute atomic E-state index is 12.2. The molecule has 0 radical (unpaired) electrons. The van der Waals surface area contributed by atoms with Crippen LogP contribution >= 0.6 is 0 Å². The number of ether oxygens (including phenoxy) is 1. The van der Waals surface area contributed by atoms with Crippen LogP contribution in [0.1, 0.15) is 48.3 Å². The molecule has 0 bridgehead atoms. The Kier molecular flexibility index (Phi) is 3.54. The molecule has 1 saturated carbocycles. The topological polar surface area (TPSA) is 44.1 Å². The molecular formula is C16H18N2O2. The van der Waals surface area contributed by atoms with Gasteiger partial charge in [0.05, 0.1) is 18.6 Å². The van der Waals surface area contributed by atoms with Crippen molar-refractivity contribution in [3.8, 4) is 0 Å². The predicted molar refractivity (Wildman–Crippen MR) is 75.5 cm³/mol. The molecule has 0 aliphatic heterocycles. The molecule has 1 heterocycles. The number of benzene rings is 1. The second-order valence-corrected chi connectivity index (χ2v) is 5.23. The van der Waals surface area contributed by atoms with Gasteiger partial charge >= 0.3 is 5.97 Å². The van der Waals surface area contributed by atoms with Crippen LogP contribution in [-0.2, 0) is 4.74 Å². The quantitative estimate of drug-likeness (QED) is 0.801. The Bertz CT molecular complexity index is 588. The van der Waals surface area contributed by atoms with Crippen molar-refractivity contribution in [2.45, 2.75) is 38.3 Å². The van der Waals surface area contributed by atoms with Crippen molar-refractivity contribution in [3.05, 3.63) is 54.1 Å². The SMILES string of the molecule is CC(c1ccccc1)n1cncc1C(=O)OC1CCC1. The summed E-state index contributed by atoms with van der Waals surface area (Å²) in [6.45, 7) is 2.05. The predicted octanol–water partition coefficient (Wildman–Crippen LogP) is 3.20. The Hall–Kier alpha value is -2.10. The zero-order valence-corrected chi connectivity index (χ0v) is 11.5. The monoisotopic (exact) mass is 270 g/mol. The van der Waals surface area contributed by atoms with Crippen LogP contribution < -0.4 is 0 Å². The molecule has 0 saturated heterocycles. The fourth-order valence-electron chi connectivity index (χ4n) is 2.36.